The van der Waals surface area contributed by atoms with E-state index in [1.54, 1.807) is 0 Å². The zero-order valence-electron chi connectivity index (χ0n) is 37.8. The van der Waals surface area contributed by atoms with Gasteiger partial charge in [0.25, 0.3) is 0 Å². The van der Waals surface area contributed by atoms with Gasteiger partial charge >= 0.3 is 11.9 Å². The molecule has 22 N–H and O–H groups in total. The van der Waals surface area contributed by atoms with Crippen molar-refractivity contribution in [3.63, 3.8) is 0 Å². The Bertz CT molecular complexity index is 1790. The molecular formula is C38H67N15O13S2. The third kappa shape index (κ3) is 24.7. The number of nitrogens with zero attached hydrogens (tertiary/aromatic N) is 1. The van der Waals surface area contributed by atoms with Crippen LogP contribution < -0.4 is 76.9 Å². The minimum absolute atomic E-state index is 0.0163. The Morgan fingerprint density at radius 3 is 1.57 bits per heavy atom. The molecule has 1 aliphatic heterocycles. The molecule has 0 spiro atoms. The van der Waals surface area contributed by atoms with Gasteiger partial charge in [-0.2, -0.15) is 0 Å². The van der Waals surface area contributed by atoms with Crippen LogP contribution in [0.5, 0.6) is 0 Å². The number of nitrogens with one attached hydrogen (secondary N) is 8. The largest absolute Gasteiger partial charge is 0.481 e. The number of hydrogen-bond acceptors (Lipinski definition) is 17. The number of carbonyl (C=O) groups excluding carboxylic acids is 9. The van der Waals surface area contributed by atoms with Gasteiger partial charge in [0, 0.05) is 24.5 Å². The van der Waals surface area contributed by atoms with Crippen molar-refractivity contribution in [2.24, 2.45) is 39.4 Å². The van der Waals surface area contributed by atoms with Crippen molar-refractivity contribution >= 4 is 92.7 Å². The van der Waals surface area contributed by atoms with Crippen LogP contribution in [0.1, 0.15) is 77.6 Å². The first-order valence-electron chi connectivity index (χ1n) is 21.7. The molecule has 0 aromatic rings. The Hall–Kier alpha value is -5.98. The van der Waals surface area contributed by atoms with Gasteiger partial charge in [-0.1, -0.05) is 21.6 Å². The van der Waals surface area contributed by atoms with E-state index in [4.69, 9.17) is 34.4 Å². The number of rotatable bonds is 18. The average Bonchev–Trinajstić information content (AvgIpc) is 3.26. The van der Waals surface area contributed by atoms with Gasteiger partial charge in [0.15, 0.2) is 5.96 Å². The highest BCUT2D eigenvalue weighted by molar-refractivity contribution is 8.76. The van der Waals surface area contributed by atoms with Gasteiger partial charge < -0.3 is 87.1 Å². The van der Waals surface area contributed by atoms with Gasteiger partial charge in [-0.05, 0) is 77.8 Å². The van der Waals surface area contributed by atoms with Gasteiger partial charge in [-0.25, -0.2) is 4.79 Å². The van der Waals surface area contributed by atoms with Crippen LogP contribution in [0.25, 0.3) is 0 Å². The molecule has 0 radical (unpaired) electrons. The molecule has 8 atom stereocenters. The zero-order chi connectivity index (χ0) is 51.3. The first-order valence-corrected chi connectivity index (χ1v) is 24.2. The summed E-state index contributed by atoms with van der Waals surface area (Å²) in [7, 11) is 1.81. The molecule has 0 aromatic carbocycles. The number of carboxylic acids is 2. The van der Waals surface area contributed by atoms with Gasteiger partial charge in [-0.15, -0.1) is 0 Å². The van der Waals surface area contributed by atoms with Crippen LogP contribution in [0.15, 0.2) is 4.99 Å². The Labute approximate surface area is 400 Å². The van der Waals surface area contributed by atoms with Crippen molar-refractivity contribution in [2.75, 3.05) is 37.7 Å². The van der Waals surface area contributed by atoms with E-state index in [2.05, 4.69) is 47.5 Å². The maximum absolute atomic E-state index is 14.0. The standard InChI is InChI=1S/C38H67N15O13S2/c1-19-30(58)46-16-28(55)48-21(9-6-14-45-38(43)44)32(60)49-22(7-2-4-12-39)33(61)51-24(10-11-27(42)54)35(63)50-23(8-3-5-13-40)34(62)53-26(37(65)66)18-68-67-17-20(41)31(59)52-25(15-29(56)57)36(64)47-19/h19-26H,2-18,39-41H2,1H3,(H2,42,54)(H,46,58)(H,47,64)(H,48,55)(H,49,60)(H,50,63)(H,51,61)(H,52,59)(H,53,62)(H,56,57)(H,65,66)(H4,43,44,45). The number of nitrogens with two attached hydrogens (primary N) is 6. The van der Waals surface area contributed by atoms with E-state index < -0.39 is 133 Å². The number of guanidine groups is 1. The van der Waals surface area contributed by atoms with Crippen LogP contribution in [0.4, 0.5) is 0 Å². The highest BCUT2D eigenvalue weighted by Crippen LogP contribution is 2.23. The maximum atomic E-state index is 14.0. The lowest BCUT2D eigenvalue weighted by Gasteiger charge is -2.27. The zero-order valence-corrected chi connectivity index (χ0v) is 39.4. The van der Waals surface area contributed by atoms with Crippen LogP contribution in [0, 0.1) is 0 Å². The monoisotopic (exact) mass is 1010 g/mol. The quantitative estimate of drug-likeness (QED) is 0.0263. The molecule has 8 unspecified atom stereocenters. The highest BCUT2D eigenvalue weighted by Gasteiger charge is 2.34. The lowest BCUT2D eigenvalue weighted by molar-refractivity contribution is -0.142. The smallest absolute Gasteiger partial charge is 0.327 e. The lowest BCUT2D eigenvalue weighted by Crippen LogP contribution is -2.59. The summed E-state index contributed by atoms with van der Waals surface area (Å²) in [5.41, 5.74) is 33.5. The summed E-state index contributed by atoms with van der Waals surface area (Å²) >= 11 is 0. The van der Waals surface area contributed by atoms with Gasteiger partial charge in [0.1, 0.15) is 42.3 Å². The number of unbranched alkanes of at least 4 members (excludes halogenated alkanes) is 2. The minimum Gasteiger partial charge on any atom is -0.481 e. The number of amides is 9. The number of hydrogen-bond donors (Lipinski definition) is 16. The van der Waals surface area contributed by atoms with Crippen LogP contribution in [0.2, 0.25) is 0 Å². The maximum Gasteiger partial charge on any atom is 0.327 e. The van der Waals surface area contributed by atoms with Crippen molar-refractivity contribution in [1.82, 2.24) is 42.5 Å². The fraction of sp³-hybridized carbons (Fsp3) is 0.684. The van der Waals surface area contributed by atoms with Gasteiger partial charge in [0.05, 0.1) is 19.0 Å². The molecule has 9 amide bonds. The SMILES string of the molecule is CC1NC(=O)C(CC(=O)O)NC(=O)C(N)CSSCC(C(=O)O)NC(=O)C(CCCCN)NC(=O)C(CCC(N)=O)NC(=O)C(CCCCN)NC(=O)C(CCCN=C(N)N)NC(=O)CNC1=O. The summed E-state index contributed by atoms with van der Waals surface area (Å²) in [6, 6.07) is -11.7. The molecule has 68 heavy (non-hydrogen) atoms. The normalized spacial score (nSPS) is 24.9. The van der Waals surface area contributed by atoms with E-state index in [1.807, 2.05) is 0 Å². The lowest BCUT2D eigenvalue weighted by atomic mass is 10.0. The van der Waals surface area contributed by atoms with Crippen molar-refractivity contribution in [3.8, 4) is 0 Å². The summed E-state index contributed by atoms with van der Waals surface area (Å²) in [4.78, 5) is 147. The molecule has 0 aromatic heterocycles. The van der Waals surface area contributed by atoms with E-state index in [1.165, 1.54) is 6.92 Å². The Balaban J connectivity index is 3.73. The average molecular weight is 1010 g/mol. The summed E-state index contributed by atoms with van der Waals surface area (Å²) in [5, 5.41) is 38.6. The summed E-state index contributed by atoms with van der Waals surface area (Å²) in [5.74, 6) is -12.1. The molecular weight excluding hydrogens is 939 g/mol. The Kier molecular flexibility index (Phi) is 28.8. The summed E-state index contributed by atoms with van der Waals surface area (Å²) in [6.07, 6.45) is -0.386. The van der Waals surface area contributed by atoms with Crippen LogP contribution in [-0.2, 0) is 52.7 Å². The molecule has 0 bridgehead atoms. The second-order valence-corrected chi connectivity index (χ2v) is 18.1. The summed E-state index contributed by atoms with van der Waals surface area (Å²) in [6.45, 7) is 0.907. The number of aliphatic carboxylic acids is 2. The second-order valence-electron chi connectivity index (χ2n) is 15.5. The Morgan fingerprint density at radius 2 is 1.07 bits per heavy atom. The number of primary amides is 1. The van der Waals surface area contributed by atoms with Gasteiger partial charge in [-0.3, -0.25) is 52.9 Å². The Morgan fingerprint density at radius 1 is 0.603 bits per heavy atom. The predicted molar refractivity (Wildman–Crippen MR) is 249 cm³/mol. The second kappa shape index (κ2) is 32.7. The van der Waals surface area contributed by atoms with E-state index in [0.29, 0.717) is 12.8 Å². The highest BCUT2D eigenvalue weighted by atomic mass is 33.1. The molecule has 1 saturated heterocycles. The van der Waals surface area contributed by atoms with Crippen molar-refractivity contribution < 1.29 is 63.0 Å². The molecule has 28 nitrogen and oxygen atoms in total. The molecule has 0 aliphatic carbocycles. The fourth-order valence-electron chi connectivity index (χ4n) is 6.04. The van der Waals surface area contributed by atoms with Crippen molar-refractivity contribution in [1.29, 1.82) is 0 Å². The molecule has 0 saturated carbocycles. The number of carboxylic acid groups (broad SMARTS) is 2. The molecule has 30 heteroatoms. The van der Waals surface area contributed by atoms with E-state index in [9.17, 15) is 63.0 Å². The van der Waals surface area contributed by atoms with E-state index >= 15 is 0 Å². The third-order valence-corrected chi connectivity index (χ3v) is 12.2. The molecule has 1 fully saturated rings. The minimum atomic E-state index is -1.72. The van der Waals surface area contributed by atoms with Crippen LogP contribution in [-0.4, -0.2) is 167 Å². The topological polar surface area (TPSA) is 493 Å². The van der Waals surface area contributed by atoms with Crippen LogP contribution in [0.3, 0.4) is 0 Å². The number of aliphatic imine (C=N–C) groups is 1. The fourth-order valence-corrected chi connectivity index (χ4v) is 8.31. The van der Waals surface area contributed by atoms with Crippen LogP contribution >= 0.6 is 21.6 Å². The molecule has 1 rings (SSSR count). The van der Waals surface area contributed by atoms with E-state index in [0.717, 1.165) is 21.6 Å². The summed E-state index contributed by atoms with van der Waals surface area (Å²) < 4.78 is 0. The third-order valence-electron chi connectivity index (χ3n) is 9.77. The molecule has 1 heterocycles. The molecule has 384 valence electrons. The number of carbonyl (C=O) groups is 11. The first-order chi connectivity index (χ1) is 32.1. The van der Waals surface area contributed by atoms with Gasteiger partial charge in [0.2, 0.25) is 53.2 Å². The predicted octanol–water partition coefficient (Wildman–Crippen LogP) is -6.63. The van der Waals surface area contributed by atoms with Crippen molar-refractivity contribution in [2.45, 2.75) is 126 Å². The van der Waals surface area contributed by atoms with E-state index in [-0.39, 0.29) is 82.0 Å². The molecule has 1 aliphatic rings. The van der Waals surface area contributed by atoms with Crippen molar-refractivity contribution in [3.05, 3.63) is 0 Å². The first kappa shape index (κ1) is 60.0.